The van der Waals surface area contributed by atoms with Gasteiger partial charge in [-0.15, -0.1) is 0 Å². The average molecular weight is 270 g/mol. The summed E-state index contributed by atoms with van der Waals surface area (Å²) in [6.07, 6.45) is 3.62. The maximum Gasteiger partial charge on any atom is 0.229 e. The van der Waals surface area contributed by atoms with E-state index in [1.165, 1.54) is 0 Å². The van der Waals surface area contributed by atoms with Crippen molar-refractivity contribution >= 4 is 20.8 Å². The van der Waals surface area contributed by atoms with Crippen LogP contribution in [0, 0.1) is 0 Å². The molecule has 1 aromatic heterocycles. The monoisotopic (exact) mass is 270 g/mol. The minimum absolute atomic E-state index is 0.670. The number of rotatable bonds is 4. The van der Waals surface area contributed by atoms with Crippen molar-refractivity contribution in [1.29, 1.82) is 0 Å². The maximum absolute atomic E-state index is 6.16. The van der Waals surface area contributed by atoms with Gasteiger partial charge in [-0.25, -0.2) is 0 Å². The van der Waals surface area contributed by atoms with Crippen molar-refractivity contribution in [2.45, 2.75) is 13.1 Å². The third kappa shape index (κ3) is 3.69. The Kier molecular flexibility index (Phi) is 4.36. The lowest BCUT2D eigenvalue weighted by Gasteiger charge is -2.14. The molecule has 0 unspecified atom stereocenters. The van der Waals surface area contributed by atoms with Gasteiger partial charge in [0, 0.05) is 17.5 Å². The normalized spacial score (nSPS) is 11.6. The lowest BCUT2D eigenvalue weighted by Crippen LogP contribution is -2.13. The van der Waals surface area contributed by atoms with Gasteiger partial charge < -0.3 is 10.2 Å². The Morgan fingerprint density at radius 3 is 2.58 bits per heavy atom. The van der Waals surface area contributed by atoms with Gasteiger partial charge in [0.25, 0.3) is 0 Å². The van der Waals surface area contributed by atoms with Crippen molar-refractivity contribution in [1.82, 2.24) is 4.98 Å². The van der Waals surface area contributed by atoms with E-state index >= 15 is 0 Å². The molecular weight excluding hydrogens is 252 g/mol. The lowest BCUT2D eigenvalue weighted by atomic mass is 10.1. The second-order valence-electron chi connectivity index (χ2n) is 4.52. The second kappa shape index (κ2) is 6.20. The van der Waals surface area contributed by atoms with E-state index in [1.807, 2.05) is 48.5 Å². The first-order valence-electron chi connectivity index (χ1n) is 6.31. The van der Waals surface area contributed by atoms with Crippen LogP contribution in [-0.4, -0.2) is 14.0 Å². The molecule has 19 heavy (non-hydrogen) atoms. The molecule has 3 nitrogen and oxygen atoms in total. The van der Waals surface area contributed by atoms with Gasteiger partial charge >= 0.3 is 0 Å². The summed E-state index contributed by atoms with van der Waals surface area (Å²) in [5.74, 6) is 0.855. The molecule has 98 valence electrons. The van der Waals surface area contributed by atoms with Crippen molar-refractivity contribution in [3.8, 4) is 5.75 Å². The zero-order valence-corrected chi connectivity index (χ0v) is 12.4. The highest BCUT2D eigenvalue weighted by Crippen LogP contribution is 2.24. The highest BCUT2D eigenvalue weighted by molar-refractivity contribution is 6.49. The number of nitrogens with two attached hydrogens (primary N) is 1. The molecule has 0 atom stereocenters. The lowest BCUT2D eigenvalue weighted by molar-refractivity contribution is 0.578. The standard InChI is InChI=1S/C15H18N2OSi/c1-19(2)18-15-9-4-3-8-13(15)14(16)11-12-7-5-6-10-17-12/h3-11,19H,16H2,1-2H3/b14-11-. The minimum Gasteiger partial charge on any atom is -0.547 e. The van der Waals surface area contributed by atoms with E-state index in [-0.39, 0.29) is 0 Å². The van der Waals surface area contributed by atoms with Crippen LogP contribution < -0.4 is 10.2 Å². The van der Waals surface area contributed by atoms with E-state index in [2.05, 4.69) is 18.1 Å². The summed E-state index contributed by atoms with van der Waals surface area (Å²) in [5, 5.41) is 0. The van der Waals surface area contributed by atoms with Crippen LogP contribution in [0.3, 0.4) is 0 Å². The number of benzene rings is 1. The molecule has 1 aromatic carbocycles. The molecule has 2 rings (SSSR count). The van der Waals surface area contributed by atoms with E-state index in [0.717, 1.165) is 17.0 Å². The Labute approximate surface area is 115 Å². The summed E-state index contributed by atoms with van der Waals surface area (Å²) in [7, 11) is -1.15. The third-order valence-electron chi connectivity index (χ3n) is 2.55. The predicted molar refractivity (Wildman–Crippen MR) is 82.2 cm³/mol. The predicted octanol–water partition coefficient (Wildman–Crippen LogP) is 2.90. The SMILES string of the molecule is C[SiH](C)Oc1ccccc1/C(N)=C/c1ccccn1. The number of aromatic nitrogens is 1. The van der Waals surface area contributed by atoms with Gasteiger partial charge in [0.2, 0.25) is 9.04 Å². The van der Waals surface area contributed by atoms with Gasteiger partial charge in [-0.05, 0) is 43.4 Å². The molecule has 2 N–H and O–H groups in total. The first-order chi connectivity index (χ1) is 9.16. The van der Waals surface area contributed by atoms with E-state index in [1.54, 1.807) is 6.20 Å². The Balaban J connectivity index is 2.33. The number of hydrogen-bond acceptors (Lipinski definition) is 3. The van der Waals surface area contributed by atoms with E-state index < -0.39 is 9.04 Å². The molecule has 0 spiro atoms. The van der Waals surface area contributed by atoms with Crippen LogP contribution in [0.5, 0.6) is 5.75 Å². The molecule has 0 aliphatic rings. The molecule has 1 heterocycles. The molecule has 0 amide bonds. The number of para-hydroxylation sites is 1. The first kappa shape index (κ1) is 13.4. The van der Waals surface area contributed by atoms with Gasteiger partial charge in [0.15, 0.2) is 0 Å². The summed E-state index contributed by atoms with van der Waals surface area (Å²) < 4.78 is 5.90. The van der Waals surface area contributed by atoms with Gasteiger partial charge in [0.05, 0.1) is 5.69 Å². The Morgan fingerprint density at radius 2 is 1.89 bits per heavy atom. The van der Waals surface area contributed by atoms with Crippen LogP contribution in [0.1, 0.15) is 11.3 Å². The van der Waals surface area contributed by atoms with E-state index in [0.29, 0.717) is 5.70 Å². The molecule has 2 aromatic rings. The molecule has 0 aliphatic heterocycles. The highest BCUT2D eigenvalue weighted by atomic mass is 28.3. The summed E-state index contributed by atoms with van der Waals surface area (Å²) in [6.45, 7) is 4.27. The molecule has 0 bridgehead atoms. The number of pyridine rings is 1. The highest BCUT2D eigenvalue weighted by Gasteiger charge is 2.07. The fourth-order valence-corrected chi connectivity index (χ4v) is 2.47. The van der Waals surface area contributed by atoms with Crippen LogP contribution in [0.4, 0.5) is 0 Å². The second-order valence-corrected chi connectivity index (χ2v) is 6.85. The Morgan fingerprint density at radius 1 is 1.16 bits per heavy atom. The summed E-state index contributed by atoms with van der Waals surface area (Å²) >= 11 is 0. The molecule has 4 heteroatoms. The maximum atomic E-state index is 6.16. The Bertz CT molecular complexity index is 567. The zero-order chi connectivity index (χ0) is 13.7. The number of hydrogen-bond donors (Lipinski definition) is 1. The van der Waals surface area contributed by atoms with Crippen LogP contribution in [0.15, 0.2) is 48.7 Å². The fourth-order valence-electron chi connectivity index (χ4n) is 1.76. The van der Waals surface area contributed by atoms with Crippen LogP contribution in [-0.2, 0) is 0 Å². The van der Waals surface area contributed by atoms with E-state index in [9.17, 15) is 0 Å². The van der Waals surface area contributed by atoms with Crippen LogP contribution >= 0.6 is 0 Å². The van der Waals surface area contributed by atoms with Crippen LogP contribution in [0.25, 0.3) is 11.8 Å². The van der Waals surface area contributed by atoms with Crippen molar-refractivity contribution in [3.63, 3.8) is 0 Å². The van der Waals surface area contributed by atoms with Crippen LogP contribution in [0.2, 0.25) is 13.1 Å². The molecular formula is C15H18N2OSi. The fraction of sp³-hybridized carbons (Fsp3) is 0.133. The smallest absolute Gasteiger partial charge is 0.229 e. The van der Waals surface area contributed by atoms with Gasteiger partial charge in [-0.1, -0.05) is 18.2 Å². The molecule has 0 radical (unpaired) electrons. The minimum atomic E-state index is -1.15. The summed E-state index contributed by atoms with van der Waals surface area (Å²) in [6, 6.07) is 13.6. The van der Waals surface area contributed by atoms with Gasteiger partial charge in [-0.3, -0.25) is 4.98 Å². The summed E-state index contributed by atoms with van der Waals surface area (Å²) in [5.41, 5.74) is 8.60. The molecule has 0 fully saturated rings. The third-order valence-corrected chi connectivity index (χ3v) is 3.28. The van der Waals surface area contributed by atoms with Crippen molar-refractivity contribution in [2.75, 3.05) is 0 Å². The van der Waals surface area contributed by atoms with Gasteiger partial charge in [0.1, 0.15) is 5.75 Å². The molecule has 0 saturated heterocycles. The topological polar surface area (TPSA) is 48.1 Å². The Hall–Kier alpha value is -2.07. The molecule has 0 saturated carbocycles. The largest absolute Gasteiger partial charge is 0.547 e. The first-order valence-corrected chi connectivity index (χ1v) is 9.09. The van der Waals surface area contributed by atoms with Crippen molar-refractivity contribution < 1.29 is 4.43 Å². The quantitative estimate of drug-likeness (QED) is 0.869. The van der Waals surface area contributed by atoms with E-state index in [4.69, 9.17) is 10.2 Å². The zero-order valence-electron chi connectivity index (χ0n) is 11.2. The molecule has 0 aliphatic carbocycles. The van der Waals surface area contributed by atoms with Gasteiger partial charge in [-0.2, -0.15) is 0 Å². The number of nitrogens with zero attached hydrogens (tertiary/aromatic N) is 1. The van der Waals surface area contributed by atoms with Crippen molar-refractivity contribution in [3.05, 3.63) is 59.9 Å². The van der Waals surface area contributed by atoms with Crippen molar-refractivity contribution in [2.24, 2.45) is 5.73 Å². The average Bonchev–Trinajstić information content (AvgIpc) is 2.39. The summed E-state index contributed by atoms with van der Waals surface area (Å²) in [4.78, 5) is 4.25.